The molecule has 16 heavy (non-hydrogen) atoms. The van der Waals surface area contributed by atoms with Crippen molar-refractivity contribution in [2.75, 3.05) is 0 Å². The van der Waals surface area contributed by atoms with E-state index in [1.54, 1.807) is 0 Å². The van der Waals surface area contributed by atoms with Gasteiger partial charge in [-0.3, -0.25) is 0 Å². The van der Waals surface area contributed by atoms with Gasteiger partial charge in [-0.15, -0.1) is 0 Å². The number of aromatic nitrogens is 1. The standard InChI is InChI=1S/C12H10Cl2FN/c1-3-9-6(2)11(14)10-7(13)4-5-8(15)12(10)16-9/h4-5H,3H2,1-2H3. The summed E-state index contributed by atoms with van der Waals surface area (Å²) in [5.41, 5.74) is 1.92. The van der Waals surface area contributed by atoms with Gasteiger partial charge in [-0.25, -0.2) is 9.37 Å². The van der Waals surface area contributed by atoms with Crippen LogP contribution in [0.2, 0.25) is 10.0 Å². The Morgan fingerprint density at radius 2 is 2.00 bits per heavy atom. The van der Waals surface area contributed by atoms with Crippen molar-refractivity contribution < 1.29 is 4.39 Å². The molecule has 0 atom stereocenters. The Bertz CT molecular complexity index is 567. The normalized spacial score (nSPS) is 11.1. The smallest absolute Gasteiger partial charge is 0.149 e. The summed E-state index contributed by atoms with van der Waals surface area (Å²) in [6, 6.07) is 2.81. The van der Waals surface area contributed by atoms with E-state index >= 15 is 0 Å². The second-order valence-corrected chi connectivity index (χ2v) is 4.39. The molecule has 0 aliphatic carbocycles. The van der Waals surface area contributed by atoms with Gasteiger partial charge in [-0.1, -0.05) is 30.1 Å². The second-order valence-electron chi connectivity index (χ2n) is 3.60. The highest BCUT2D eigenvalue weighted by molar-refractivity contribution is 6.42. The van der Waals surface area contributed by atoms with Crippen molar-refractivity contribution in [3.8, 4) is 0 Å². The minimum absolute atomic E-state index is 0.250. The van der Waals surface area contributed by atoms with Crippen LogP contribution in [0.25, 0.3) is 10.9 Å². The minimum Gasteiger partial charge on any atom is -0.249 e. The van der Waals surface area contributed by atoms with Gasteiger partial charge in [0, 0.05) is 11.1 Å². The average molecular weight is 258 g/mol. The minimum atomic E-state index is -0.393. The van der Waals surface area contributed by atoms with Gasteiger partial charge >= 0.3 is 0 Å². The molecule has 0 saturated carbocycles. The summed E-state index contributed by atoms with van der Waals surface area (Å²) in [5.74, 6) is -0.393. The molecule has 0 bridgehead atoms. The summed E-state index contributed by atoms with van der Waals surface area (Å²) in [7, 11) is 0. The van der Waals surface area contributed by atoms with Crippen LogP contribution in [0, 0.1) is 12.7 Å². The van der Waals surface area contributed by atoms with Crippen molar-refractivity contribution in [3.05, 3.63) is 39.3 Å². The predicted octanol–water partition coefficient (Wildman–Crippen LogP) is 4.55. The van der Waals surface area contributed by atoms with Crippen LogP contribution in [0.1, 0.15) is 18.2 Å². The van der Waals surface area contributed by atoms with Crippen molar-refractivity contribution >= 4 is 34.1 Å². The lowest BCUT2D eigenvalue weighted by Gasteiger charge is -2.10. The van der Waals surface area contributed by atoms with E-state index in [0.29, 0.717) is 21.9 Å². The number of hydrogen-bond donors (Lipinski definition) is 0. The third-order valence-corrected chi connectivity index (χ3v) is 3.43. The molecule has 0 amide bonds. The van der Waals surface area contributed by atoms with Crippen molar-refractivity contribution in [2.24, 2.45) is 0 Å². The maximum atomic E-state index is 13.6. The molecule has 2 rings (SSSR count). The Morgan fingerprint density at radius 1 is 1.31 bits per heavy atom. The maximum Gasteiger partial charge on any atom is 0.149 e. The van der Waals surface area contributed by atoms with Gasteiger partial charge in [-0.2, -0.15) is 0 Å². The summed E-state index contributed by atoms with van der Waals surface area (Å²) >= 11 is 12.2. The first kappa shape index (κ1) is 11.6. The number of aryl methyl sites for hydroxylation is 1. The number of pyridine rings is 1. The van der Waals surface area contributed by atoms with Gasteiger partial charge in [0.05, 0.1) is 10.0 Å². The highest BCUT2D eigenvalue weighted by Crippen LogP contribution is 2.34. The largest absolute Gasteiger partial charge is 0.249 e. The highest BCUT2D eigenvalue weighted by Gasteiger charge is 2.14. The molecule has 0 aliphatic rings. The maximum absolute atomic E-state index is 13.6. The van der Waals surface area contributed by atoms with Crippen molar-refractivity contribution in [1.82, 2.24) is 4.98 Å². The van der Waals surface area contributed by atoms with Gasteiger partial charge in [-0.05, 0) is 31.0 Å². The number of hydrogen-bond acceptors (Lipinski definition) is 1. The molecule has 1 heterocycles. The topological polar surface area (TPSA) is 12.9 Å². The van der Waals surface area contributed by atoms with Gasteiger partial charge < -0.3 is 0 Å². The SMILES string of the molecule is CCc1nc2c(F)ccc(Cl)c2c(Cl)c1C. The third kappa shape index (κ3) is 1.66. The molecule has 0 aliphatic heterocycles. The predicted molar refractivity (Wildman–Crippen MR) is 65.8 cm³/mol. The molecule has 84 valence electrons. The molecule has 1 aromatic heterocycles. The fourth-order valence-electron chi connectivity index (χ4n) is 1.74. The number of rotatable bonds is 1. The van der Waals surface area contributed by atoms with Crippen molar-refractivity contribution in [3.63, 3.8) is 0 Å². The van der Waals surface area contributed by atoms with E-state index in [0.717, 1.165) is 11.3 Å². The summed E-state index contributed by atoms with van der Waals surface area (Å²) in [5, 5.41) is 1.42. The molecule has 1 aromatic carbocycles. The zero-order valence-electron chi connectivity index (χ0n) is 8.94. The third-order valence-electron chi connectivity index (χ3n) is 2.64. The van der Waals surface area contributed by atoms with Crippen LogP contribution in [0.4, 0.5) is 4.39 Å². The average Bonchev–Trinajstić information content (AvgIpc) is 2.27. The van der Waals surface area contributed by atoms with E-state index in [2.05, 4.69) is 4.98 Å². The van der Waals surface area contributed by atoms with Crippen LogP contribution in [-0.4, -0.2) is 4.98 Å². The van der Waals surface area contributed by atoms with Crippen molar-refractivity contribution in [1.29, 1.82) is 0 Å². The Labute approximate surface area is 103 Å². The summed E-state index contributed by atoms with van der Waals surface area (Å²) in [6.45, 7) is 3.83. The van der Waals surface area contributed by atoms with Crippen molar-refractivity contribution in [2.45, 2.75) is 20.3 Å². The Kier molecular flexibility index (Phi) is 3.04. The first-order chi connectivity index (χ1) is 7.56. The van der Waals surface area contributed by atoms with E-state index in [1.807, 2.05) is 13.8 Å². The van der Waals surface area contributed by atoms with Crippen LogP contribution in [0.3, 0.4) is 0 Å². The molecule has 0 radical (unpaired) electrons. The van der Waals surface area contributed by atoms with E-state index in [4.69, 9.17) is 23.2 Å². The Balaban J connectivity index is 2.97. The zero-order valence-corrected chi connectivity index (χ0v) is 10.5. The van der Waals surface area contributed by atoms with Gasteiger partial charge in [0.1, 0.15) is 11.3 Å². The monoisotopic (exact) mass is 257 g/mol. The molecule has 0 fully saturated rings. The van der Waals surface area contributed by atoms with Crippen LogP contribution in [0.5, 0.6) is 0 Å². The summed E-state index contributed by atoms with van der Waals surface area (Å²) < 4.78 is 13.6. The second kappa shape index (κ2) is 4.19. The molecule has 0 unspecified atom stereocenters. The van der Waals surface area contributed by atoms with Gasteiger partial charge in [0.2, 0.25) is 0 Å². The molecule has 1 nitrogen and oxygen atoms in total. The van der Waals surface area contributed by atoms with E-state index in [-0.39, 0.29) is 5.52 Å². The lowest BCUT2D eigenvalue weighted by Crippen LogP contribution is -1.97. The lowest BCUT2D eigenvalue weighted by atomic mass is 10.1. The Morgan fingerprint density at radius 3 is 2.62 bits per heavy atom. The zero-order chi connectivity index (χ0) is 11.9. The van der Waals surface area contributed by atoms with Crippen LogP contribution >= 0.6 is 23.2 Å². The quantitative estimate of drug-likeness (QED) is 0.731. The van der Waals surface area contributed by atoms with Crippen LogP contribution in [0.15, 0.2) is 12.1 Å². The number of nitrogens with zero attached hydrogens (tertiary/aromatic N) is 1. The fourth-order valence-corrected chi connectivity index (χ4v) is 2.33. The van der Waals surface area contributed by atoms with E-state index in [1.165, 1.54) is 12.1 Å². The summed E-state index contributed by atoms with van der Waals surface area (Å²) in [4.78, 5) is 4.27. The first-order valence-corrected chi connectivity index (χ1v) is 5.74. The number of halogens is 3. The number of fused-ring (bicyclic) bond motifs is 1. The molecule has 2 aromatic rings. The molecular weight excluding hydrogens is 248 g/mol. The Hall–Kier alpha value is -0.860. The fraction of sp³-hybridized carbons (Fsp3) is 0.250. The van der Waals surface area contributed by atoms with E-state index < -0.39 is 5.82 Å². The molecule has 0 spiro atoms. The van der Waals surface area contributed by atoms with E-state index in [9.17, 15) is 4.39 Å². The number of benzene rings is 1. The molecular formula is C12H10Cl2FN. The van der Waals surface area contributed by atoms with Gasteiger partial charge in [0.25, 0.3) is 0 Å². The summed E-state index contributed by atoms with van der Waals surface area (Å²) in [6.07, 6.45) is 0.716. The van der Waals surface area contributed by atoms with Crippen LogP contribution in [-0.2, 0) is 6.42 Å². The lowest BCUT2D eigenvalue weighted by molar-refractivity contribution is 0.636. The first-order valence-electron chi connectivity index (χ1n) is 4.99. The molecule has 0 saturated heterocycles. The highest BCUT2D eigenvalue weighted by atomic mass is 35.5. The molecule has 4 heteroatoms. The van der Waals surface area contributed by atoms with Crippen LogP contribution < -0.4 is 0 Å². The molecule has 0 N–H and O–H groups in total. The van der Waals surface area contributed by atoms with Gasteiger partial charge in [0.15, 0.2) is 0 Å².